The number of carboxylic acid groups (broad SMARTS) is 1. The lowest BCUT2D eigenvalue weighted by molar-refractivity contribution is -0.222. The highest BCUT2D eigenvalue weighted by molar-refractivity contribution is 5.69. The van der Waals surface area contributed by atoms with Gasteiger partial charge in [0.1, 0.15) is 11.9 Å². The number of benzene rings is 2. The van der Waals surface area contributed by atoms with Gasteiger partial charge in [-0.15, -0.1) is 0 Å². The van der Waals surface area contributed by atoms with Crippen molar-refractivity contribution in [3.8, 4) is 6.07 Å². The van der Waals surface area contributed by atoms with Gasteiger partial charge in [-0.05, 0) is 36.8 Å². The molecule has 2 aromatic carbocycles. The van der Waals surface area contributed by atoms with Crippen molar-refractivity contribution >= 4 is 17.3 Å². The molecule has 0 unspecified atom stereocenters. The molecule has 0 spiro atoms. The fourth-order valence-electron chi connectivity index (χ4n) is 3.22. The molecule has 0 saturated heterocycles. The van der Waals surface area contributed by atoms with Crippen molar-refractivity contribution in [1.82, 2.24) is 0 Å². The Morgan fingerprint density at radius 1 is 1.25 bits per heavy atom. The normalized spacial score (nSPS) is 13.3. The van der Waals surface area contributed by atoms with Gasteiger partial charge in [-0.3, -0.25) is 4.79 Å². The van der Waals surface area contributed by atoms with E-state index >= 15 is 0 Å². The highest BCUT2D eigenvalue weighted by Crippen LogP contribution is 2.41. The molecule has 2 atom stereocenters. The number of carboxylic acids is 1. The number of methoxy groups -OCH3 is 1. The first-order chi connectivity index (χ1) is 15.1. The minimum atomic E-state index is -4.73. The monoisotopic (exact) mass is 454 g/mol. The molecule has 0 aliphatic heterocycles. The maximum atomic E-state index is 14.0. The van der Waals surface area contributed by atoms with Crippen LogP contribution in [0.4, 0.5) is 28.9 Å². The molecule has 0 fully saturated rings. The van der Waals surface area contributed by atoms with E-state index in [1.54, 1.807) is 6.07 Å². The van der Waals surface area contributed by atoms with Crippen LogP contribution < -0.4 is 5.32 Å². The van der Waals surface area contributed by atoms with Crippen LogP contribution in [0.2, 0.25) is 0 Å². The highest BCUT2D eigenvalue weighted by Gasteiger charge is 2.43. The van der Waals surface area contributed by atoms with Crippen LogP contribution in [-0.2, 0) is 14.3 Å². The molecule has 0 heterocycles. The minimum absolute atomic E-state index is 0.0325. The van der Waals surface area contributed by atoms with Gasteiger partial charge in [-0.1, -0.05) is 12.1 Å². The molecule has 2 aromatic rings. The summed E-state index contributed by atoms with van der Waals surface area (Å²) in [5, 5.41) is 20.8. The highest BCUT2D eigenvalue weighted by atomic mass is 19.4. The number of rotatable bonds is 10. The summed E-state index contributed by atoms with van der Waals surface area (Å²) in [7, 11) is 1.39. The van der Waals surface area contributed by atoms with Crippen molar-refractivity contribution in [2.45, 2.75) is 31.5 Å². The first-order valence-corrected chi connectivity index (χ1v) is 9.60. The molecular weight excluding hydrogens is 432 g/mol. The third kappa shape index (κ3) is 6.42. The minimum Gasteiger partial charge on any atom is -0.481 e. The van der Waals surface area contributed by atoms with E-state index in [0.29, 0.717) is 5.56 Å². The van der Waals surface area contributed by atoms with Gasteiger partial charge in [0.05, 0.1) is 18.6 Å². The van der Waals surface area contributed by atoms with E-state index in [4.69, 9.17) is 19.8 Å². The lowest BCUT2D eigenvalue weighted by atomic mass is 9.93. The number of hydrogen-bond acceptors (Lipinski definition) is 5. The molecule has 2 N–H and O–H groups in total. The standard InChI is InChI=1S/C22H22F4N2O4/c1-3-32-21(22(24,25)26)17-7-5-13(15(12-31-2)9-20(29)30)8-19(17)28-16-6-4-14(11-27)18(23)10-16/h4-8,10,15,21,28H,3,9,12H2,1-2H3,(H,29,30)/t15-,21-/m0/s1. The Hall–Kier alpha value is -3.16. The molecule has 32 heavy (non-hydrogen) atoms. The van der Waals surface area contributed by atoms with Crippen molar-refractivity contribution in [3.63, 3.8) is 0 Å². The molecule has 6 nitrogen and oxygen atoms in total. The van der Waals surface area contributed by atoms with Crippen LogP contribution >= 0.6 is 0 Å². The zero-order valence-electron chi connectivity index (χ0n) is 17.4. The molecular formula is C22H22F4N2O4. The molecule has 172 valence electrons. The van der Waals surface area contributed by atoms with Crippen LogP contribution in [0.25, 0.3) is 0 Å². The largest absolute Gasteiger partial charge is 0.481 e. The average molecular weight is 454 g/mol. The lowest BCUT2D eigenvalue weighted by Crippen LogP contribution is -2.24. The van der Waals surface area contributed by atoms with E-state index in [1.165, 1.54) is 44.4 Å². The summed E-state index contributed by atoms with van der Waals surface area (Å²) in [6, 6.07) is 9.17. The van der Waals surface area contributed by atoms with Crippen molar-refractivity contribution in [2.75, 3.05) is 25.6 Å². The molecule has 0 aliphatic rings. The molecule has 10 heteroatoms. The Bertz CT molecular complexity index is 989. The fourth-order valence-corrected chi connectivity index (χ4v) is 3.22. The molecule has 2 rings (SSSR count). The molecule has 0 radical (unpaired) electrons. The number of alkyl halides is 3. The predicted molar refractivity (Wildman–Crippen MR) is 108 cm³/mol. The van der Waals surface area contributed by atoms with E-state index in [9.17, 15) is 22.4 Å². The summed E-state index contributed by atoms with van der Waals surface area (Å²) >= 11 is 0. The smallest absolute Gasteiger partial charge is 0.418 e. The van der Waals surface area contributed by atoms with Crippen molar-refractivity contribution in [2.24, 2.45) is 0 Å². The van der Waals surface area contributed by atoms with Crippen molar-refractivity contribution in [3.05, 3.63) is 58.9 Å². The molecule has 0 saturated carbocycles. The average Bonchev–Trinajstić information content (AvgIpc) is 2.71. The van der Waals surface area contributed by atoms with E-state index in [0.717, 1.165) is 6.07 Å². The number of hydrogen-bond donors (Lipinski definition) is 2. The van der Waals surface area contributed by atoms with Gasteiger partial charge in [-0.2, -0.15) is 18.4 Å². The van der Waals surface area contributed by atoms with E-state index < -0.39 is 30.0 Å². The van der Waals surface area contributed by atoms with Gasteiger partial charge in [0.25, 0.3) is 0 Å². The third-order valence-electron chi connectivity index (χ3n) is 4.62. The summed E-state index contributed by atoms with van der Waals surface area (Å²) in [5.41, 5.74) is 0.0350. The zero-order chi connectivity index (χ0) is 23.9. The first kappa shape index (κ1) is 25.1. The van der Waals surface area contributed by atoms with Crippen LogP contribution in [0.15, 0.2) is 36.4 Å². The van der Waals surface area contributed by atoms with E-state index in [1.807, 2.05) is 0 Å². The number of halogens is 4. The Labute approximate surface area is 182 Å². The molecule has 0 aliphatic carbocycles. The second-order valence-corrected chi connectivity index (χ2v) is 6.91. The number of nitriles is 1. The topological polar surface area (TPSA) is 91.6 Å². The van der Waals surface area contributed by atoms with E-state index in [-0.39, 0.29) is 42.1 Å². The number of ether oxygens (including phenoxy) is 2. The number of anilines is 2. The van der Waals surface area contributed by atoms with Crippen LogP contribution in [0, 0.1) is 17.1 Å². The van der Waals surface area contributed by atoms with Gasteiger partial charge in [0, 0.05) is 36.6 Å². The predicted octanol–water partition coefficient (Wildman–Crippen LogP) is 5.29. The van der Waals surface area contributed by atoms with Crippen LogP contribution in [0.3, 0.4) is 0 Å². The summed E-state index contributed by atoms with van der Waals surface area (Å²) in [6.07, 6.45) is -7.28. The van der Waals surface area contributed by atoms with Crippen LogP contribution in [0.5, 0.6) is 0 Å². The SMILES string of the molecule is CCO[C@@H](c1ccc([C@H](COC)CC(=O)O)cc1Nc1ccc(C#N)c(F)c1)C(F)(F)F. The number of aliphatic carboxylic acids is 1. The maximum Gasteiger partial charge on any atom is 0.418 e. The Kier molecular flexibility index (Phi) is 8.57. The second kappa shape index (κ2) is 10.9. The van der Waals surface area contributed by atoms with Crippen molar-refractivity contribution < 1.29 is 36.9 Å². The molecule has 0 bridgehead atoms. The Morgan fingerprint density at radius 3 is 2.50 bits per heavy atom. The number of carbonyl (C=O) groups is 1. The lowest BCUT2D eigenvalue weighted by Gasteiger charge is -2.25. The maximum absolute atomic E-state index is 14.0. The summed E-state index contributed by atoms with van der Waals surface area (Å²) in [5.74, 6) is -2.56. The van der Waals surface area contributed by atoms with Crippen molar-refractivity contribution in [1.29, 1.82) is 5.26 Å². The summed E-state index contributed by atoms with van der Waals surface area (Å²) < 4.78 is 65.1. The molecule has 0 amide bonds. The first-order valence-electron chi connectivity index (χ1n) is 9.60. The fraction of sp³-hybridized carbons (Fsp3) is 0.364. The second-order valence-electron chi connectivity index (χ2n) is 6.91. The zero-order valence-corrected chi connectivity index (χ0v) is 17.4. The Balaban J connectivity index is 2.59. The van der Waals surface area contributed by atoms with E-state index in [2.05, 4.69) is 5.32 Å². The summed E-state index contributed by atoms with van der Waals surface area (Å²) in [4.78, 5) is 11.2. The van der Waals surface area contributed by atoms with Crippen LogP contribution in [-0.4, -0.2) is 37.6 Å². The van der Waals surface area contributed by atoms with Gasteiger partial charge in [0.2, 0.25) is 0 Å². The van der Waals surface area contributed by atoms with Gasteiger partial charge in [0.15, 0.2) is 6.10 Å². The molecule has 0 aromatic heterocycles. The third-order valence-corrected chi connectivity index (χ3v) is 4.62. The van der Waals surface area contributed by atoms with Crippen LogP contribution in [0.1, 0.15) is 42.1 Å². The number of nitrogens with one attached hydrogen (secondary N) is 1. The summed E-state index contributed by atoms with van der Waals surface area (Å²) in [6.45, 7) is 1.25. The Morgan fingerprint density at radius 2 is 1.97 bits per heavy atom. The van der Waals surface area contributed by atoms with Gasteiger partial charge in [-0.25, -0.2) is 4.39 Å². The number of nitrogens with zero attached hydrogens (tertiary/aromatic N) is 1. The van der Waals surface area contributed by atoms with Gasteiger partial charge < -0.3 is 19.9 Å². The van der Waals surface area contributed by atoms with Gasteiger partial charge >= 0.3 is 12.1 Å². The quantitative estimate of drug-likeness (QED) is 0.475.